The Bertz CT molecular complexity index is 3350. The Hall–Kier alpha value is -7.42. The maximum Gasteiger partial charge on any atom is 0.130 e. The third-order valence-corrected chi connectivity index (χ3v) is 15.0. The van der Waals surface area contributed by atoms with Gasteiger partial charge in [0, 0.05) is 28.1 Å². The Kier molecular flexibility index (Phi) is 8.15. The zero-order valence-corrected chi connectivity index (χ0v) is 36.1. The molecule has 5 aliphatic rings. The number of benzene rings is 8. The zero-order valence-electron chi connectivity index (χ0n) is 36.1. The van der Waals surface area contributed by atoms with Crippen LogP contribution in [0.25, 0.3) is 38.6 Å². The fourth-order valence-electron chi connectivity index (χ4n) is 12.2. The molecule has 0 N–H and O–H groups in total. The fraction of sp³-hybridized carbons (Fsp3) is 0.129. The molecule has 2 nitrogen and oxygen atoms in total. The molecule has 2 heteroatoms. The Morgan fingerprint density at radius 1 is 0.562 bits per heavy atom. The van der Waals surface area contributed by atoms with Crippen molar-refractivity contribution in [3.05, 3.63) is 263 Å². The lowest BCUT2D eigenvalue weighted by atomic mass is 9.66. The van der Waals surface area contributed by atoms with Crippen molar-refractivity contribution in [2.45, 2.75) is 49.5 Å². The lowest BCUT2D eigenvalue weighted by Gasteiger charge is -2.38. The summed E-state index contributed by atoms with van der Waals surface area (Å²) in [5.74, 6) is 0.904. The van der Waals surface area contributed by atoms with E-state index in [1.165, 1.54) is 88.8 Å². The molecule has 306 valence electrons. The van der Waals surface area contributed by atoms with Crippen molar-refractivity contribution in [1.82, 2.24) is 0 Å². The monoisotopic (exact) mass is 821 g/mol. The van der Waals surface area contributed by atoms with Crippen LogP contribution < -0.4 is 9.64 Å². The van der Waals surface area contributed by atoms with Crippen LogP contribution in [0.5, 0.6) is 5.75 Å². The minimum absolute atomic E-state index is 0.0530. The molecule has 0 radical (unpaired) electrons. The van der Waals surface area contributed by atoms with E-state index < -0.39 is 5.41 Å². The van der Waals surface area contributed by atoms with Crippen molar-refractivity contribution in [3.8, 4) is 28.0 Å². The molecule has 3 atom stereocenters. The summed E-state index contributed by atoms with van der Waals surface area (Å²) in [6.07, 6.45) is 13.6. The van der Waals surface area contributed by atoms with E-state index in [4.69, 9.17) is 4.74 Å². The van der Waals surface area contributed by atoms with Crippen LogP contribution in [0.15, 0.2) is 224 Å². The first kappa shape index (κ1) is 37.2. The molecule has 8 aromatic rings. The highest BCUT2D eigenvalue weighted by Gasteiger charge is 2.48. The molecule has 0 amide bonds. The van der Waals surface area contributed by atoms with Crippen molar-refractivity contribution >= 4 is 27.7 Å². The maximum absolute atomic E-state index is 7.09. The van der Waals surface area contributed by atoms with Crippen LogP contribution in [-0.4, -0.2) is 6.10 Å². The number of rotatable bonds is 6. The van der Waals surface area contributed by atoms with Gasteiger partial charge >= 0.3 is 0 Å². The number of ether oxygens (including phenoxy) is 1. The highest BCUT2D eigenvalue weighted by atomic mass is 16.5. The van der Waals surface area contributed by atoms with Crippen molar-refractivity contribution in [2.24, 2.45) is 0 Å². The molecule has 64 heavy (non-hydrogen) atoms. The lowest BCUT2D eigenvalue weighted by molar-refractivity contribution is 0.264. The van der Waals surface area contributed by atoms with Crippen LogP contribution >= 0.6 is 0 Å². The van der Waals surface area contributed by atoms with Gasteiger partial charge < -0.3 is 9.64 Å². The predicted molar refractivity (Wildman–Crippen MR) is 264 cm³/mol. The highest BCUT2D eigenvalue weighted by molar-refractivity contribution is 6.01. The van der Waals surface area contributed by atoms with E-state index >= 15 is 0 Å². The number of nitrogens with zero attached hydrogens (tertiary/aromatic N) is 1. The van der Waals surface area contributed by atoms with Crippen molar-refractivity contribution in [2.75, 3.05) is 4.90 Å². The molecule has 0 saturated carbocycles. The minimum atomic E-state index is -0.482. The second-order valence-electron chi connectivity index (χ2n) is 18.6. The van der Waals surface area contributed by atoms with Crippen molar-refractivity contribution in [3.63, 3.8) is 0 Å². The second kappa shape index (κ2) is 14.0. The molecule has 13 rings (SSSR count). The average molecular weight is 822 g/mol. The first-order valence-electron chi connectivity index (χ1n) is 22.9. The molecule has 1 aliphatic heterocycles. The zero-order chi connectivity index (χ0) is 42.6. The van der Waals surface area contributed by atoms with Gasteiger partial charge in [0.15, 0.2) is 0 Å². The van der Waals surface area contributed by atoms with Gasteiger partial charge in [-0.15, -0.1) is 0 Å². The standard InChI is InChI=1S/C62H47NO/c1-61(2)52-30-14-11-26-46(52)49-36-35-44(38-55(49)61)63(56-33-18-34-57-60(56)59-50-29-10-9-25-45(50)51(39-58(59)64-57)40-19-5-3-6-20-40)43-24-17-23-42(37-43)62(41-21-7-4-8-22-41)53-31-15-12-27-47(53)48-28-13-16-32-54(48)62/h3-12,14-27,29-39,57,60H,13,28H2,1-2H3. The fourth-order valence-corrected chi connectivity index (χ4v) is 12.2. The van der Waals surface area contributed by atoms with E-state index in [0.717, 1.165) is 30.0 Å². The first-order valence-corrected chi connectivity index (χ1v) is 22.9. The van der Waals surface area contributed by atoms with Gasteiger partial charge in [0.2, 0.25) is 0 Å². The molecule has 0 aromatic heterocycles. The number of allylic oxidation sites excluding steroid dienone is 6. The van der Waals surface area contributed by atoms with E-state index in [0.29, 0.717) is 0 Å². The minimum Gasteiger partial charge on any atom is -0.485 e. The lowest BCUT2D eigenvalue weighted by Crippen LogP contribution is -2.31. The number of hydrogen-bond donors (Lipinski definition) is 0. The first-order chi connectivity index (χ1) is 31.5. The summed E-state index contributed by atoms with van der Waals surface area (Å²) in [7, 11) is 0. The molecular weight excluding hydrogens is 775 g/mol. The van der Waals surface area contributed by atoms with Gasteiger partial charge in [0.05, 0.1) is 11.3 Å². The number of fused-ring (bicyclic) bond motifs is 10. The smallest absolute Gasteiger partial charge is 0.130 e. The largest absolute Gasteiger partial charge is 0.485 e. The van der Waals surface area contributed by atoms with Gasteiger partial charge in [0.1, 0.15) is 11.9 Å². The van der Waals surface area contributed by atoms with Gasteiger partial charge in [-0.05, 0) is 133 Å². The van der Waals surface area contributed by atoms with Gasteiger partial charge in [0.25, 0.3) is 0 Å². The van der Waals surface area contributed by atoms with E-state index in [1.807, 2.05) is 0 Å². The summed E-state index contributed by atoms with van der Waals surface area (Å²) in [5.41, 5.74) is 20.0. The molecule has 3 unspecified atom stereocenters. The Balaban J connectivity index is 1.05. The molecule has 0 bridgehead atoms. The third-order valence-electron chi connectivity index (χ3n) is 15.0. The van der Waals surface area contributed by atoms with Crippen LogP contribution in [0, 0.1) is 0 Å². The van der Waals surface area contributed by atoms with Gasteiger partial charge in [-0.2, -0.15) is 0 Å². The summed E-state index contributed by atoms with van der Waals surface area (Å²) in [6, 6.07) is 68.0. The predicted octanol–water partition coefficient (Wildman–Crippen LogP) is 15.4. The molecule has 4 aliphatic carbocycles. The van der Waals surface area contributed by atoms with Crippen LogP contribution in [-0.2, 0) is 10.8 Å². The Morgan fingerprint density at radius 3 is 2.09 bits per heavy atom. The van der Waals surface area contributed by atoms with Gasteiger partial charge in [-0.25, -0.2) is 0 Å². The molecule has 8 aromatic carbocycles. The summed E-state index contributed by atoms with van der Waals surface area (Å²) in [4.78, 5) is 2.56. The summed E-state index contributed by atoms with van der Waals surface area (Å²) in [5, 5.41) is 2.48. The summed E-state index contributed by atoms with van der Waals surface area (Å²) >= 11 is 0. The molecule has 0 fully saturated rings. The average Bonchev–Trinajstić information content (AvgIpc) is 3.96. The Morgan fingerprint density at radius 2 is 1.25 bits per heavy atom. The van der Waals surface area contributed by atoms with Crippen molar-refractivity contribution < 1.29 is 4.74 Å². The van der Waals surface area contributed by atoms with Gasteiger partial charge in [-0.1, -0.05) is 184 Å². The van der Waals surface area contributed by atoms with Crippen molar-refractivity contribution in [1.29, 1.82) is 0 Å². The maximum atomic E-state index is 7.09. The molecular formula is C62H47NO. The van der Waals surface area contributed by atoms with Crippen LogP contribution in [0.2, 0.25) is 0 Å². The number of hydrogen-bond acceptors (Lipinski definition) is 2. The summed E-state index contributed by atoms with van der Waals surface area (Å²) in [6.45, 7) is 4.76. The van der Waals surface area contributed by atoms with Crippen LogP contribution in [0.4, 0.5) is 11.4 Å². The topological polar surface area (TPSA) is 12.5 Å². The second-order valence-corrected chi connectivity index (χ2v) is 18.6. The van der Waals surface area contributed by atoms with Crippen LogP contribution in [0.3, 0.4) is 0 Å². The van der Waals surface area contributed by atoms with E-state index in [1.54, 1.807) is 0 Å². The number of anilines is 2. The normalized spacial score (nSPS) is 20.4. The van der Waals surface area contributed by atoms with Gasteiger partial charge in [-0.3, -0.25) is 0 Å². The van der Waals surface area contributed by atoms with E-state index in [9.17, 15) is 0 Å². The van der Waals surface area contributed by atoms with E-state index in [2.05, 4.69) is 231 Å². The summed E-state index contributed by atoms with van der Waals surface area (Å²) < 4.78 is 7.09. The highest BCUT2D eigenvalue weighted by Crippen LogP contribution is 2.59. The third kappa shape index (κ3) is 5.20. The molecule has 0 saturated heterocycles. The van der Waals surface area contributed by atoms with E-state index in [-0.39, 0.29) is 17.4 Å². The SMILES string of the molecule is CC1(C)c2ccccc2-c2ccc(N(C3=CC=CC4Oc5cc(-c6ccccc6)c6ccccc6c5C34)c3cccc(C4(c5ccccc5)C5=C(CCC=C5)c5ccccc54)c3)cc21. The molecule has 1 heterocycles. The Labute approximate surface area is 375 Å². The molecule has 0 spiro atoms. The van der Waals surface area contributed by atoms with Crippen LogP contribution in [0.1, 0.15) is 71.6 Å². The quantitative estimate of drug-likeness (QED) is 0.166.